The molecule has 0 aromatic heterocycles. The van der Waals surface area contributed by atoms with Gasteiger partial charge < -0.3 is 4.90 Å². The van der Waals surface area contributed by atoms with Gasteiger partial charge in [-0.1, -0.05) is 59.0 Å². The Bertz CT molecular complexity index is 449. The summed E-state index contributed by atoms with van der Waals surface area (Å²) < 4.78 is 0. The van der Waals surface area contributed by atoms with Crippen molar-refractivity contribution in [1.29, 1.82) is 0 Å². The van der Waals surface area contributed by atoms with Gasteiger partial charge in [0.25, 0.3) is 0 Å². The number of nitrogens with zero attached hydrogens (tertiary/aromatic N) is 1. The van der Waals surface area contributed by atoms with Crippen LogP contribution in [0.15, 0.2) is 41.9 Å². The Morgan fingerprint density at radius 1 is 1.06 bits per heavy atom. The molecule has 0 radical (unpaired) electrons. The van der Waals surface area contributed by atoms with Gasteiger partial charge in [0.15, 0.2) is 0 Å². The quantitative estimate of drug-likeness (QED) is 0.807. The molecule has 3 heteroatoms. The van der Waals surface area contributed by atoms with E-state index >= 15 is 0 Å². The monoisotopic (exact) mass is 277 g/mol. The number of hydrogen-bond acceptors (Lipinski definition) is 2. The largest absolute Gasteiger partial charge is 0.358 e. The maximum atomic E-state index is 5.65. The molecule has 0 spiro atoms. The highest BCUT2D eigenvalue weighted by atomic mass is 32.8. The molecule has 1 aliphatic heterocycles. The van der Waals surface area contributed by atoms with Crippen molar-refractivity contribution < 1.29 is 0 Å². The summed E-state index contributed by atoms with van der Waals surface area (Å²) in [6.45, 7) is 0. The molecule has 2 atom stereocenters. The second-order valence-electron chi connectivity index (χ2n) is 5.12. The Labute approximate surface area is 116 Å². The fourth-order valence-electron chi connectivity index (χ4n) is 3.02. The molecule has 1 nitrogen and oxygen atoms in total. The van der Waals surface area contributed by atoms with Crippen LogP contribution in [0.5, 0.6) is 0 Å². The van der Waals surface area contributed by atoms with E-state index in [1.807, 2.05) is 0 Å². The summed E-state index contributed by atoms with van der Waals surface area (Å²) in [5.74, 6) is 0. The molecule has 1 aliphatic carbocycles. The highest BCUT2D eigenvalue weighted by Crippen LogP contribution is 2.36. The molecule has 0 saturated heterocycles. The summed E-state index contributed by atoms with van der Waals surface area (Å²) in [6, 6.07) is 11.5. The first-order valence-corrected chi connectivity index (χ1v) is 9.04. The first kappa shape index (κ1) is 12.4. The molecule has 2 unspecified atom stereocenters. The van der Waals surface area contributed by atoms with E-state index in [4.69, 9.17) is 11.2 Å². The number of benzene rings is 1. The van der Waals surface area contributed by atoms with Gasteiger partial charge in [-0.25, -0.2) is 0 Å². The Balaban J connectivity index is 1.85. The van der Waals surface area contributed by atoms with Crippen molar-refractivity contribution in [3.05, 3.63) is 47.5 Å². The number of rotatable bonds is 2. The zero-order valence-corrected chi connectivity index (χ0v) is 12.1. The summed E-state index contributed by atoms with van der Waals surface area (Å²) in [7, 11) is -0.0647. The van der Waals surface area contributed by atoms with Crippen LogP contribution < -0.4 is 0 Å². The highest BCUT2D eigenvalue weighted by Gasteiger charge is 2.31. The molecule has 3 rings (SSSR count). The Morgan fingerprint density at radius 3 is 2.50 bits per heavy atom. The van der Waals surface area contributed by atoms with Crippen LogP contribution in [0.4, 0.5) is 0 Å². The van der Waals surface area contributed by atoms with Crippen molar-refractivity contribution in [1.82, 2.24) is 4.90 Å². The first-order valence-electron chi connectivity index (χ1n) is 6.76. The molecule has 1 aromatic rings. The van der Waals surface area contributed by atoms with Crippen LogP contribution in [0.3, 0.4) is 0 Å². The van der Waals surface area contributed by atoms with E-state index in [9.17, 15) is 0 Å². The van der Waals surface area contributed by atoms with Gasteiger partial charge in [-0.3, -0.25) is 0 Å². The lowest BCUT2D eigenvalue weighted by atomic mass is 9.94. The second-order valence-corrected chi connectivity index (χ2v) is 7.65. The first-order chi connectivity index (χ1) is 8.86. The van der Waals surface area contributed by atoms with Crippen molar-refractivity contribution in [2.24, 2.45) is 0 Å². The fourth-order valence-corrected chi connectivity index (χ4v) is 5.12. The van der Waals surface area contributed by atoms with Crippen LogP contribution in [0.25, 0.3) is 0 Å². The van der Waals surface area contributed by atoms with Gasteiger partial charge in [0.05, 0.1) is 0 Å². The van der Waals surface area contributed by atoms with E-state index < -0.39 is 0 Å². The van der Waals surface area contributed by atoms with Gasteiger partial charge in [0.1, 0.15) is 5.37 Å². The topological polar surface area (TPSA) is 3.24 Å². The molecule has 1 aromatic carbocycles. The van der Waals surface area contributed by atoms with E-state index in [0.717, 1.165) is 0 Å². The Kier molecular flexibility index (Phi) is 3.80. The van der Waals surface area contributed by atoms with Crippen LogP contribution >= 0.6 is 0 Å². The van der Waals surface area contributed by atoms with Gasteiger partial charge in [0, 0.05) is 12.2 Å². The van der Waals surface area contributed by atoms with Gasteiger partial charge in [0.2, 0.25) is 0 Å². The average Bonchev–Trinajstić information content (AvgIpc) is 2.83. The Morgan fingerprint density at radius 2 is 1.78 bits per heavy atom. The SMILES string of the molecule is S=S1C=CN(C2CCCCC2)C1c1ccccc1. The van der Waals surface area contributed by atoms with E-state index in [-0.39, 0.29) is 9.45 Å². The lowest BCUT2D eigenvalue weighted by Gasteiger charge is -2.36. The summed E-state index contributed by atoms with van der Waals surface area (Å²) in [6.07, 6.45) is 9.09. The zero-order chi connectivity index (χ0) is 12.4. The maximum absolute atomic E-state index is 5.65. The van der Waals surface area contributed by atoms with Crippen molar-refractivity contribution in [3.63, 3.8) is 0 Å². The third-order valence-electron chi connectivity index (χ3n) is 3.94. The molecule has 96 valence electrons. The van der Waals surface area contributed by atoms with Gasteiger partial charge >= 0.3 is 0 Å². The summed E-state index contributed by atoms with van der Waals surface area (Å²) in [4.78, 5) is 2.55. The minimum atomic E-state index is -0.0647. The molecule has 2 aliphatic rings. The van der Waals surface area contributed by atoms with E-state index in [1.54, 1.807) is 0 Å². The third-order valence-corrected chi connectivity index (χ3v) is 6.16. The molecule has 0 amide bonds. The van der Waals surface area contributed by atoms with Crippen LogP contribution in [0.2, 0.25) is 0 Å². The van der Waals surface area contributed by atoms with Gasteiger partial charge in [-0.05, 0) is 35.0 Å². The smallest absolute Gasteiger partial charge is 0.109 e. The molecule has 0 bridgehead atoms. The van der Waals surface area contributed by atoms with Crippen molar-refractivity contribution in [3.8, 4) is 0 Å². The fraction of sp³-hybridized carbons (Fsp3) is 0.467. The predicted molar refractivity (Wildman–Crippen MR) is 81.8 cm³/mol. The van der Waals surface area contributed by atoms with E-state index in [2.05, 4.69) is 46.8 Å². The standard InChI is InChI=1S/C15H19NS2/c17-18-12-11-16(14-9-5-2-6-10-14)15(18)13-7-3-1-4-8-13/h1,3-4,7-8,11-12,14-15H,2,5-6,9-10H2. The van der Waals surface area contributed by atoms with Crippen LogP contribution in [0.1, 0.15) is 43.0 Å². The summed E-state index contributed by atoms with van der Waals surface area (Å²) >= 11 is 5.65. The predicted octanol–water partition coefficient (Wildman–Crippen LogP) is 3.88. The molecule has 1 heterocycles. The minimum Gasteiger partial charge on any atom is -0.358 e. The molecular weight excluding hydrogens is 258 g/mol. The zero-order valence-electron chi connectivity index (χ0n) is 10.5. The summed E-state index contributed by atoms with van der Waals surface area (Å²) in [5.41, 5.74) is 1.38. The lowest BCUT2D eigenvalue weighted by Crippen LogP contribution is -2.34. The van der Waals surface area contributed by atoms with Crippen molar-refractivity contribution in [2.45, 2.75) is 43.5 Å². The van der Waals surface area contributed by atoms with Crippen molar-refractivity contribution in [2.75, 3.05) is 0 Å². The number of hydrogen-bond donors (Lipinski definition) is 0. The minimum absolute atomic E-state index is 0.0647. The molecule has 18 heavy (non-hydrogen) atoms. The average molecular weight is 277 g/mol. The van der Waals surface area contributed by atoms with Crippen LogP contribution in [0, 0.1) is 0 Å². The maximum Gasteiger partial charge on any atom is 0.109 e. The molecule has 1 saturated carbocycles. The molecular formula is C15H19NS2. The highest BCUT2D eigenvalue weighted by molar-refractivity contribution is 8.30. The van der Waals surface area contributed by atoms with E-state index in [1.165, 1.54) is 37.7 Å². The third kappa shape index (κ3) is 2.39. The molecule has 1 fully saturated rings. The van der Waals surface area contributed by atoms with Gasteiger partial charge in [-0.15, -0.1) is 0 Å². The molecule has 0 N–H and O–H groups in total. The normalized spacial score (nSPS) is 28.8. The van der Waals surface area contributed by atoms with Crippen LogP contribution in [-0.2, 0) is 20.6 Å². The van der Waals surface area contributed by atoms with Gasteiger partial charge in [-0.2, -0.15) is 0 Å². The van der Waals surface area contributed by atoms with Crippen molar-refractivity contribution >= 4 is 20.6 Å². The lowest BCUT2D eigenvalue weighted by molar-refractivity contribution is 0.210. The Hall–Kier alpha value is -0.670. The second kappa shape index (κ2) is 5.54. The van der Waals surface area contributed by atoms with E-state index in [0.29, 0.717) is 11.4 Å². The summed E-state index contributed by atoms with van der Waals surface area (Å²) in [5, 5.41) is 2.63. The van der Waals surface area contributed by atoms with Crippen LogP contribution in [-0.4, -0.2) is 10.9 Å².